The van der Waals surface area contributed by atoms with Crippen molar-refractivity contribution in [3.05, 3.63) is 36.7 Å². The standard InChI is InChI=1S/C15H19N3O2S.ClH/c16-10-13-5-1-2-9-18(13)21(19,20)15-6-3-4-12-11-17-8-7-14(12)15;/h3-4,6-8,11,13H,1-2,5,9-10,16H2;1H. The molecule has 1 unspecified atom stereocenters. The van der Waals surface area contributed by atoms with Gasteiger partial charge in [0.1, 0.15) is 0 Å². The van der Waals surface area contributed by atoms with E-state index in [4.69, 9.17) is 5.73 Å². The van der Waals surface area contributed by atoms with Gasteiger partial charge in [-0.3, -0.25) is 4.98 Å². The Morgan fingerprint density at radius 2 is 2.09 bits per heavy atom. The molecule has 1 aliphatic heterocycles. The van der Waals surface area contributed by atoms with Gasteiger partial charge in [-0.2, -0.15) is 4.31 Å². The van der Waals surface area contributed by atoms with Gasteiger partial charge in [-0.15, -0.1) is 12.4 Å². The monoisotopic (exact) mass is 341 g/mol. The molecule has 0 amide bonds. The molecule has 2 heterocycles. The number of nitrogens with two attached hydrogens (primary N) is 1. The van der Waals surface area contributed by atoms with Crippen LogP contribution in [0.2, 0.25) is 0 Å². The average molecular weight is 342 g/mol. The summed E-state index contributed by atoms with van der Waals surface area (Å²) in [5.41, 5.74) is 5.76. The molecule has 2 N–H and O–H groups in total. The fourth-order valence-electron chi connectivity index (χ4n) is 2.97. The zero-order valence-corrected chi connectivity index (χ0v) is 13.8. The molecular weight excluding hydrogens is 322 g/mol. The number of hydrogen-bond acceptors (Lipinski definition) is 4. The highest BCUT2D eigenvalue weighted by Gasteiger charge is 2.33. The molecule has 0 spiro atoms. The van der Waals surface area contributed by atoms with Crippen molar-refractivity contribution < 1.29 is 8.42 Å². The van der Waals surface area contributed by atoms with Gasteiger partial charge in [-0.1, -0.05) is 18.6 Å². The normalized spacial score (nSPS) is 19.8. The fourth-order valence-corrected chi connectivity index (χ4v) is 4.89. The number of fused-ring (bicyclic) bond motifs is 1. The summed E-state index contributed by atoms with van der Waals surface area (Å²) < 4.78 is 27.6. The van der Waals surface area contributed by atoms with E-state index in [0.717, 1.165) is 24.6 Å². The Balaban J connectivity index is 0.00000176. The highest BCUT2D eigenvalue weighted by Crippen LogP contribution is 2.29. The predicted octanol–water partition coefficient (Wildman–Crippen LogP) is 2.16. The van der Waals surface area contributed by atoms with Crippen LogP contribution < -0.4 is 5.73 Å². The van der Waals surface area contributed by atoms with Crippen molar-refractivity contribution in [2.24, 2.45) is 5.73 Å². The molecule has 1 aromatic carbocycles. The van der Waals surface area contributed by atoms with Gasteiger partial charge < -0.3 is 5.73 Å². The summed E-state index contributed by atoms with van der Waals surface area (Å²) in [7, 11) is -3.52. The van der Waals surface area contributed by atoms with Gasteiger partial charge in [0, 0.05) is 42.3 Å². The lowest BCUT2D eigenvalue weighted by molar-refractivity contribution is 0.258. The molecule has 0 radical (unpaired) electrons. The highest BCUT2D eigenvalue weighted by molar-refractivity contribution is 7.89. The van der Waals surface area contributed by atoms with Crippen LogP contribution in [0, 0.1) is 0 Å². The lowest BCUT2D eigenvalue weighted by atomic mass is 10.1. The Kier molecular flexibility index (Phi) is 5.39. The van der Waals surface area contributed by atoms with E-state index >= 15 is 0 Å². The summed E-state index contributed by atoms with van der Waals surface area (Å²) in [6.45, 7) is 0.914. The van der Waals surface area contributed by atoms with Crippen LogP contribution in [0.3, 0.4) is 0 Å². The Morgan fingerprint density at radius 3 is 2.86 bits per heavy atom. The zero-order valence-electron chi connectivity index (χ0n) is 12.2. The second-order valence-electron chi connectivity index (χ2n) is 5.35. The largest absolute Gasteiger partial charge is 0.329 e. The van der Waals surface area contributed by atoms with Crippen LogP contribution in [0.15, 0.2) is 41.6 Å². The van der Waals surface area contributed by atoms with E-state index < -0.39 is 10.0 Å². The van der Waals surface area contributed by atoms with E-state index in [9.17, 15) is 8.42 Å². The maximum atomic E-state index is 13.0. The average Bonchev–Trinajstić information content (AvgIpc) is 2.54. The van der Waals surface area contributed by atoms with Crippen LogP contribution in [0.5, 0.6) is 0 Å². The van der Waals surface area contributed by atoms with Crippen molar-refractivity contribution in [3.8, 4) is 0 Å². The molecule has 0 aliphatic carbocycles. The number of nitrogens with zero attached hydrogens (tertiary/aromatic N) is 2. The van der Waals surface area contributed by atoms with Gasteiger partial charge in [0.25, 0.3) is 0 Å². The first kappa shape index (κ1) is 17.1. The fraction of sp³-hybridized carbons (Fsp3) is 0.400. The summed E-state index contributed by atoms with van der Waals surface area (Å²) >= 11 is 0. The highest BCUT2D eigenvalue weighted by atomic mass is 35.5. The minimum atomic E-state index is -3.52. The summed E-state index contributed by atoms with van der Waals surface area (Å²) in [4.78, 5) is 4.40. The summed E-state index contributed by atoms with van der Waals surface area (Å²) in [5, 5.41) is 1.55. The van der Waals surface area contributed by atoms with Crippen molar-refractivity contribution >= 4 is 33.2 Å². The van der Waals surface area contributed by atoms with Gasteiger partial charge in [0.05, 0.1) is 4.90 Å². The minimum Gasteiger partial charge on any atom is -0.329 e. The van der Waals surface area contributed by atoms with Crippen molar-refractivity contribution in [3.63, 3.8) is 0 Å². The van der Waals surface area contributed by atoms with Gasteiger partial charge in [-0.25, -0.2) is 8.42 Å². The number of halogens is 1. The Morgan fingerprint density at radius 1 is 1.27 bits per heavy atom. The van der Waals surface area contributed by atoms with E-state index in [2.05, 4.69) is 4.98 Å². The van der Waals surface area contributed by atoms with Crippen LogP contribution in [-0.4, -0.2) is 36.8 Å². The maximum absolute atomic E-state index is 13.0. The molecule has 1 aliphatic rings. The molecular formula is C15H20ClN3O2S. The Bertz CT molecular complexity index is 746. The van der Waals surface area contributed by atoms with E-state index in [1.165, 1.54) is 0 Å². The quantitative estimate of drug-likeness (QED) is 0.928. The molecule has 1 aromatic heterocycles. The molecule has 1 atom stereocenters. The number of rotatable bonds is 3. The van der Waals surface area contributed by atoms with Crippen LogP contribution in [0.1, 0.15) is 19.3 Å². The Hall–Kier alpha value is -1.21. The number of hydrogen-bond donors (Lipinski definition) is 1. The number of piperidine rings is 1. The molecule has 0 saturated carbocycles. The SMILES string of the molecule is Cl.NCC1CCCCN1S(=O)(=O)c1cccc2cnccc12. The number of benzene rings is 1. The number of pyridine rings is 1. The Labute approximate surface area is 137 Å². The number of sulfonamides is 1. The van der Waals surface area contributed by atoms with E-state index in [0.29, 0.717) is 23.4 Å². The van der Waals surface area contributed by atoms with Crippen LogP contribution in [0.4, 0.5) is 0 Å². The van der Waals surface area contributed by atoms with E-state index in [1.54, 1.807) is 34.9 Å². The predicted molar refractivity (Wildman–Crippen MR) is 89.6 cm³/mol. The first-order valence-corrected chi connectivity index (χ1v) is 8.63. The first-order chi connectivity index (χ1) is 10.1. The van der Waals surface area contributed by atoms with Gasteiger partial charge in [0.15, 0.2) is 0 Å². The smallest absolute Gasteiger partial charge is 0.243 e. The third kappa shape index (κ3) is 2.96. The van der Waals surface area contributed by atoms with Gasteiger partial charge in [0.2, 0.25) is 10.0 Å². The summed E-state index contributed by atoms with van der Waals surface area (Å²) in [6, 6.07) is 6.96. The van der Waals surface area contributed by atoms with E-state index in [-0.39, 0.29) is 18.4 Å². The molecule has 2 aromatic rings. The molecule has 7 heteroatoms. The molecule has 1 saturated heterocycles. The molecule has 0 bridgehead atoms. The molecule has 1 fully saturated rings. The van der Waals surface area contributed by atoms with Crippen molar-refractivity contribution in [1.29, 1.82) is 0 Å². The summed E-state index contributed by atoms with van der Waals surface area (Å²) in [5.74, 6) is 0. The lowest BCUT2D eigenvalue weighted by Crippen LogP contribution is -2.47. The lowest BCUT2D eigenvalue weighted by Gasteiger charge is -2.34. The van der Waals surface area contributed by atoms with Crippen LogP contribution in [-0.2, 0) is 10.0 Å². The second kappa shape index (κ2) is 6.91. The third-order valence-corrected chi connectivity index (χ3v) is 6.08. The van der Waals surface area contributed by atoms with Gasteiger partial charge in [-0.05, 0) is 25.0 Å². The van der Waals surface area contributed by atoms with Crippen molar-refractivity contribution in [2.45, 2.75) is 30.2 Å². The molecule has 3 rings (SSSR count). The topological polar surface area (TPSA) is 76.3 Å². The van der Waals surface area contributed by atoms with Crippen LogP contribution >= 0.6 is 12.4 Å². The second-order valence-corrected chi connectivity index (χ2v) is 7.21. The third-order valence-electron chi connectivity index (χ3n) is 4.07. The van der Waals surface area contributed by atoms with Crippen molar-refractivity contribution in [2.75, 3.05) is 13.1 Å². The first-order valence-electron chi connectivity index (χ1n) is 7.19. The number of aromatic nitrogens is 1. The molecule has 120 valence electrons. The molecule has 5 nitrogen and oxygen atoms in total. The summed E-state index contributed by atoms with van der Waals surface area (Å²) in [6.07, 6.45) is 6.07. The zero-order chi connectivity index (χ0) is 14.9. The maximum Gasteiger partial charge on any atom is 0.243 e. The van der Waals surface area contributed by atoms with Gasteiger partial charge >= 0.3 is 0 Å². The minimum absolute atomic E-state index is 0. The van der Waals surface area contributed by atoms with Crippen molar-refractivity contribution in [1.82, 2.24) is 9.29 Å². The van der Waals surface area contributed by atoms with E-state index in [1.807, 2.05) is 6.07 Å². The molecule has 22 heavy (non-hydrogen) atoms. The van der Waals surface area contributed by atoms with Crippen LogP contribution in [0.25, 0.3) is 10.8 Å².